The van der Waals surface area contributed by atoms with E-state index in [1.807, 2.05) is 0 Å². The molecule has 2 aliphatic heterocycles. The Morgan fingerprint density at radius 2 is 2.09 bits per heavy atom. The third-order valence-corrected chi connectivity index (χ3v) is 6.51. The second-order valence-corrected chi connectivity index (χ2v) is 8.00. The molecule has 2 fully saturated rings. The Balaban J connectivity index is 1.83. The number of hydrogen-bond acceptors (Lipinski definition) is 3. The molecule has 1 aromatic carbocycles. The van der Waals surface area contributed by atoms with E-state index >= 15 is 0 Å². The Morgan fingerprint density at radius 3 is 2.86 bits per heavy atom. The topological polar surface area (TPSA) is 15.7 Å². The van der Waals surface area contributed by atoms with Crippen molar-refractivity contribution < 1.29 is 4.74 Å². The highest BCUT2D eigenvalue weighted by atomic mass is 16.5. The van der Waals surface area contributed by atoms with Crippen LogP contribution in [0.15, 0.2) is 24.3 Å². The van der Waals surface area contributed by atoms with Crippen LogP contribution in [-0.4, -0.2) is 61.8 Å². The Hall–Kier alpha value is -0.900. The lowest BCUT2D eigenvalue weighted by Gasteiger charge is -2.58. The Labute approximate surface area is 134 Å². The van der Waals surface area contributed by atoms with Crippen molar-refractivity contribution in [2.24, 2.45) is 0 Å². The van der Waals surface area contributed by atoms with Crippen molar-refractivity contribution in [1.29, 1.82) is 0 Å². The van der Waals surface area contributed by atoms with Crippen LogP contribution in [0.25, 0.3) is 0 Å². The fourth-order valence-corrected chi connectivity index (χ4v) is 5.53. The maximum atomic E-state index is 6.77. The van der Waals surface area contributed by atoms with Crippen LogP contribution < -0.4 is 0 Å². The first-order valence-corrected chi connectivity index (χ1v) is 8.57. The lowest BCUT2D eigenvalue weighted by Crippen LogP contribution is -2.67. The lowest BCUT2D eigenvalue weighted by molar-refractivity contribution is -0.134. The summed E-state index contributed by atoms with van der Waals surface area (Å²) in [6.45, 7) is 4.60. The van der Waals surface area contributed by atoms with Crippen molar-refractivity contribution in [2.75, 3.05) is 34.2 Å². The maximum Gasteiger partial charge on any atom is 0.0913 e. The molecule has 0 spiro atoms. The zero-order chi connectivity index (χ0) is 15.5. The van der Waals surface area contributed by atoms with Gasteiger partial charge in [-0.1, -0.05) is 24.3 Å². The first-order chi connectivity index (χ1) is 10.5. The van der Waals surface area contributed by atoms with Gasteiger partial charge in [0.05, 0.1) is 11.7 Å². The molecular formula is C19H28N2O. The number of likely N-dealkylation sites (tertiary alicyclic amines) is 1. The van der Waals surface area contributed by atoms with Crippen LogP contribution in [0.1, 0.15) is 30.9 Å². The average molecular weight is 300 g/mol. The summed E-state index contributed by atoms with van der Waals surface area (Å²) in [5, 5.41) is 0. The summed E-state index contributed by atoms with van der Waals surface area (Å²) in [5.41, 5.74) is 3.28. The molecule has 120 valence electrons. The van der Waals surface area contributed by atoms with Crippen LogP contribution in [0.5, 0.6) is 0 Å². The zero-order valence-electron chi connectivity index (χ0n) is 14.3. The fourth-order valence-electron chi connectivity index (χ4n) is 5.53. The van der Waals surface area contributed by atoms with Gasteiger partial charge in [-0.25, -0.2) is 0 Å². The Bertz CT molecular complexity index is 587. The number of rotatable bonds is 2. The van der Waals surface area contributed by atoms with Gasteiger partial charge in [-0.3, -0.25) is 0 Å². The Kier molecular flexibility index (Phi) is 3.20. The summed E-state index contributed by atoms with van der Waals surface area (Å²) in [4.78, 5) is 4.80. The van der Waals surface area contributed by atoms with Crippen LogP contribution in [0.4, 0.5) is 0 Å². The molecule has 2 saturated heterocycles. The molecule has 0 radical (unpaired) electrons. The Morgan fingerprint density at radius 1 is 1.32 bits per heavy atom. The summed E-state index contributed by atoms with van der Waals surface area (Å²) in [6, 6.07) is 9.62. The molecule has 4 rings (SSSR count). The molecule has 1 aliphatic carbocycles. The van der Waals surface area contributed by atoms with Crippen molar-refractivity contribution in [3.8, 4) is 0 Å². The van der Waals surface area contributed by atoms with Gasteiger partial charge in [0.15, 0.2) is 0 Å². The van der Waals surface area contributed by atoms with E-state index in [-0.39, 0.29) is 11.0 Å². The number of likely N-dealkylation sites (N-methyl/N-ethyl adjacent to an activating group) is 2. The van der Waals surface area contributed by atoms with Crippen LogP contribution in [0, 0.1) is 0 Å². The molecule has 4 atom stereocenters. The molecule has 0 aromatic heterocycles. The van der Waals surface area contributed by atoms with Crippen molar-refractivity contribution in [3.63, 3.8) is 0 Å². The predicted octanol–water partition coefficient (Wildman–Crippen LogP) is 2.29. The van der Waals surface area contributed by atoms with Gasteiger partial charge in [-0.05, 0) is 65.0 Å². The standard InChI is InChI=1S/C19H28N2O/c1-18-17-11-14-7-5-6-8-16(14)19(18,9-10-21(17)4)12-15(22-18)13-20(2)3/h5-8,15,17H,9-13H2,1-4H3/t15?,17-,18-,19-/m1/s1. The van der Waals surface area contributed by atoms with Crippen molar-refractivity contribution in [2.45, 2.75) is 49.3 Å². The highest BCUT2D eigenvalue weighted by Gasteiger charge is 2.65. The summed E-state index contributed by atoms with van der Waals surface area (Å²) in [6.07, 6.45) is 3.86. The zero-order valence-corrected chi connectivity index (χ0v) is 14.3. The quantitative estimate of drug-likeness (QED) is 0.833. The monoisotopic (exact) mass is 300 g/mol. The first-order valence-electron chi connectivity index (χ1n) is 8.57. The predicted molar refractivity (Wildman–Crippen MR) is 89.3 cm³/mol. The molecule has 3 aliphatic rings. The van der Waals surface area contributed by atoms with Gasteiger partial charge in [0.1, 0.15) is 0 Å². The number of benzene rings is 1. The third kappa shape index (κ3) is 1.79. The second kappa shape index (κ2) is 4.80. The normalized spacial score (nSPS) is 40.6. The van der Waals surface area contributed by atoms with Crippen LogP contribution >= 0.6 is 0 Å². The third-order valence-electron chi connectivity index (χ3n) is 6.51. The molecule has 1 aromatic rings. The van der Waals surface area contributed by atoms with E-state index in [0.29, 0.717) is 12.1 Å². The molecule has 0 N–H and O–H groups in total. The van der Waals surface area contributed by atoms with E-state index in [1.165, 1.54) is 19.4 Å². The number of fused-ring (bicyclic) bond motifs is 1. The van der Waals surface area contributed by atoms with E-state index in [0.717, 1.165) is 13.0 Å². The molecule has 3 heteroatoms. The van der Waals surface area contributed by atoms with Crippen LogP contribution in [0.2, 0.25) is 0 Å². The minimum absolute atomic E-state index is 0.0466. The summed E-state index contributed by atoms with van der Waals surface area (Å²) >= 11 is 0. The van der Waals surface area contributed by atoms with Crippen LogP contribution in [-0.2, 0) is 16.6 Å². The highest BCUT2D eigenvalue weighted by Crippen LogP contribution is 2.59. The molecule has 1 unspecified atom stereocenters. The van der Waals surface area contributed by atoms with Crippen molar-refractivity contribution in [3.05, 3.63) is 35.4 Å². The molecule has 22 heavy (non-hydrogen) atoms. The molecule has 2 bridgehead atoms. The maximum absolute atomic E-state index is 6.77. The van der Waals surface area contributed by atoms with Gasteiger partial charge in [-0.15, -0.1) is 0 Å². The average Bonchev–Trinajstić information content (AvgIpc) is 2.76. The van der Waals surface area contributed by atoms with Gasteiger partial charge in [0, 0.05) is 18.0 Å². The van der Waals surface area contributed by atoms with Crippen molar-refractivity contribution >= 4 is 0 Å². The largest absolute Gasteiger partial charge is 0.368 e. The second-order valence-electron chi connectivity index (χ2n) is 8.00. The number of hydrogen-bond donors (Lipinski definition) is 0. The number of nitrogens with zero attached hydrogens (tertiary/aromatic N) is 2. The minimum Gasteiger partial charge on any atom is -0.368 e. The summed E-state index contributed by atoms with van der Waals surface area (Å²) < 4.78 is 6.77. The first kappa shape index (κ1) is 14.7. The van der Waals surface area contributed by atoms with Gasteiger partial charge >= 0.3 is 0 Å². The SMILES string of the molecule is CN(C)CC1C[C@]23CCN(C)[C@H](Cc4ccccc42)[C@@]3(C)O1. The molecule has 3 nitrogen and oxygen atoms in total. The summed E-state index contributed by atoms with van der Waals surface area (Å²) in [5.74, 6) is 0. The lowest BCUT2D eigenvalue weighted by atomic mass is 9.55. The molecular weight excluding hydrogens is 272 g/mol. The van der Waals surface area contributed by atoms with Gasteiger partial charge in [0.2, 0.25) is 0 Å². The van der Waals surface area contributed by atoms with Crippen molar-refractivity contribution in [1.82, 2.24) is 9.80 Å². The number of piperidine rings is 1. The summed E-state index contributed by atoms with van der Waals surface area (Å²) in [7, 11) is 6.57. The van der Waals surface area contributed by atoms with Gasteiger partial charge < -0.3 is 14.5 Å². The van der Waals surface area contributed by atoms with Crippen LogP contribution in [0.3, 0.4) is 0 Å². The van der Waals surface area contributed by atoms with E-state index in [1.54, 1.807) is 11.1 Å². The van der Waals surface area contributed by atoms with E-state index in [2.05, 4.69) is 62.1 Å². The fraction of sp³-hybridized carbons (Fsp3) is 0.684. The van der Waals surface area contributed by atoms with E-state index < -0.39 is 0 Å². The minimum atomic E-state index is -0.0466. The highest BCUT2D eigenvalue weighted by molar-refractivity contribution is 5.45. The van der Waals surface area contributed by atoms with Gasteiger partial charge in [-0.2, -0.15) is 0 Å². The molecule has 2 heterocycles. The molecule has 0 amide bonds. The van der Waals surface area contributed by atoms with Gasteiger partial charge in [0.25, 0.3) is 0 Å². The van der Waals surface area contributed by atoms with E-state index in [4.69, 9.17) is 4.74 Å². The smallest absolute Gasteiger partial charge is 0.0913 e. The number of ether oxygens (including phenoxy) is 1. The van der Waals surface area contributed by atoms with E-state index in [9.17, 15) is 0 Å². The molecule has 0 saturated carbocycles.